The SMILES string of the molecule is COc1ccc(Cl)cc1-c1ccnc(C(=O)O)n1. The van der Waals surface area contributed by atoms with E-state index in [9.17, 15) is 4.79 Å². The van der Waals surface area contributed by atoms with E-state index in [1.165, 1.54) is 13.3 Å². The fourth-order valence-electron chi connectivity index (χ4n) is 1.49. The number of hydrogen-bond donors (Lipinski definition) is 1. The zero-order chi connectivity index (χ0) is 13.1. The van der Waals surface area contributed by atoms with Crippen LogP contribution in [0, 0.1) is 0 Å². The maximum Gasteiger partial charge on any atom is 0.373 e. The molecule has 1 N–H and O–H groups in total. The lowest BCUT2D eigenvalue weighted by atomic mass is 10.1. The van der Waals surface area contributed by atoms with Crippen LogP contribution in [0.2, 0.25) is 5.02 Å². The van der Waals surface area contributed by atoms with Crippen LogP contribution in [0.25, 0.3) is 11.3 Å². The van der Waals surface area contributed by atoms with E-state index < -0.39 is 5.97 Å². The zero-order valence-electron chi connectivity index (χ0n) is 9.42. The average Bonchev–Trinajstić information content (AvgIpc) is 2.39. The van der Waals surface area contributed by atoms with Crippen LogP contribution in [-0.2, 0) is 0 Å². The van der Waals surface area contributed by atoms with Gasteiger partial charge in [-0.15, -0.1) is 0 Å². The quantitative estimate of drug-likeness (QED) is 0.922. The molecule has 0 spiro atoms. The molecule has 2 aromatic rings. The van der Waals surface area contributed by atoms with E-state index in [4.69, 9.17) is 21.4 Å². The second-order valence-corrected chi connectivity index (χ2v) is 3.85. The Hall–Kier alpha value is -2.14. The molecule has 0 saturated carbocycles. The molecule has 0 fully saturated rings. The maximum atomic E-state index is 10.8. The van der Waals surface area contributed by atoms with Crippen molar-refractivity contribution < 1.29 is 14.6 Å². The Morgan fingerprint density at radius 2 is 2.17 bits per heavy atom. The Morgan fingerprint density at radius 1 is 1.39 bits per heavy atom. The molecule has 6 heteroatoms. The Labute approximate surface area is 108 Å². The van der Waals surface area contributed by atoms with Crippen molar-refractivity contribution in [1.82, 2.24) is 9.97 Å². The second-order valence-electron chi connectivity index (χ2n) is 3.42. The van der Waals surface area contributed by atoms with Crippen LogP contribution in [0.3, 0.4) is 0 Å². The highest BCUT2D eigenvalue weighted by atomic mass is 35.5. The summed E-state index contributed by atoms with van der Waals surface area (Å²) in [5, 5.41) is 9.37. The lowest BCUT2D eigenvalue weighted by molar-refractivity contribution is 0.0683. The molecule has 1 aromatic heterocycles. The van der Waals surface area contributed by atoms with Crippen molar-refractivity contribution in [2.24, 2.45) is 0 Å². The minimum absolute atomic E-state index is 0.269. The van der Waals surface area contributed by atoms with Crippen molar-refractivity contribution in [3.8, 4) is 17.0 Å². The normalized spacial score (nSPS) is 10.1. The largest absolute Gasteiger partial charge is 0.496 e. The summed E-state index contributed by atoms with van der Waals surface area (Å²) in [4.78, 5) is 18.4. The van der Waals surface area contributed by atoms with Crippen molar-refractivity contribution >= 4 is 17.6 Å². The first-order valence-electron chi connectivity index (χ1n) is 5.02. The van der Waals surface area contributed by atoms with E-state index in [0.717, 1.165) is 0 Å². The molecule has 1 aromatic carbocycles. The third-order valence-corrected chi connectivity index (χ3v) is 2.52. The predicted molar refractivity (Wildman–Crippen MR) is 66.0 cm³/mol. The van der Waals surface area contributed by atoms with E-state index >= 15 is 0 Å². The lowest BCUT2D eigenvalue weighted by Gasteiger charge is -2.08. The summed E-state index contributed by atoms with van der Waals surface area (Å²) in [6.07, 6.45) is 1.38. The molecule has 5 nitrogen and oxygen atoms in total. The molecule has 0 aliphatic rings. The van der Waals surface area contributed by atoms with Crippen LogP contribution in [0.15, 0.2) is 30.5 Å². The van der Waals surface area contributed by atoms with Crippen LogP contribution in [0.1, 0.15) is 10.6 Å². The van der Waals surface area contributed by atoms with Crippen molar-refractivity contribution in [1.29, 1.82) is 0 Å². The van der Waals surface area contributed by atoms with Gasteiger partial charge >= 0.3 is 5.97 Å². The van der Waals surface area contributed by atoms with Crippen molar-refractivity contribution in [2.45, 2.75) is 0 Å². The van der Waals surface area contributed by atoms with Crippen LogP contribution >= 0.6 is 11.6 Å². The molecule has 0 aliphatic heterocycles. The van der Waals surface area contributed by atoms with E-state index in [2.05, 4.69) is 9.97 Å². The monoisotopic (exact) mass is 264 g/mol. The Kier molecular flexibility index (Phi) is 3.43. The first kappa shape index (κ1) is 12.3. The van der Waals surface area contributed by atoms with Crippen LogP contribution in [0.5, 0.6) is 5.75 Å². The molecule has 18 heavy (non-hydrogen) atoms. The van der Waals surface area contributed by atoms with E-state index in [0.29, 0.717) is 22.0 Å². The zero-order valence-corrected chi connectivity index (χ0v) is 10.2. The molecule has 0 amide bonds. The van der Waals surface area contributed by atoms with Crippen molar-refractivity contribution in [2.75, 3.05) is 7.11 Å². The third kappa shape index (κ3) is 2.41. The summed E-state index contributed by atoms with van der Waals surface area (Å²) in [6.45, 7) is 0. The maximum absolute atomic E-state index is 10.8. The summed E-state index contributed by atoms with van der Waals surface area (Å²) in [6, 6.07) is 6.64. The van der Waals surface area contributed by atoms with Gasteiger partial charge in [0.05, 0.1) is 12.8 Å². The van der Waals surface area contributed by atoms with E-state index in [1.807, 2.05) is 0 Å². The molecule has 0 saturated heterocycles. The fraction of sp³-hybridized carbons (Fsp3) is 0.0833. The number of benzene rings is 1. The minimum Gasteiger partial charge on any atom is -0.496 e. The molecule has 0 radical (unpaired) electrons. The van der Waals surface area contributed by atoms with E-state index in [1.54, 1.807) is 24.3 Å². The Bertz CT molecular complexity index is 602. The number of nitrogens with zero attached hydrogens (tertiary/aromatic N) is 2. The topological polar surface area (TPSA) is 72.3 Å². The van der Waals surface area contributed by atoms with Gasteiger partial charge in [0.15, 0.2) is 0 Å². The fourth-order valence-corrected chi connectivity index (χ4v) is 1.66. The van der Waals surface area contributed by atoms with Gasteiger partial charge in [-0.25, -0.2) is 14.8 Å². The number of carboxylic acids is 1. The van der Waals surface area contributed by atoms with Gasteiger partial charge < -0.3 is 9.84 Å². The summed E-state index contributed by atoms with van der Waals surface area (Å²) in [5.41, 5.74) is 1.07. The molecular weight excluding hydrogens is 256 g/mol. The van der Waals surface area contributed by atoms with Crippen LogP contribution in [-0.4, -0.2) is 28.2 Å². The standard InChI is InChI=1S/C12H9ClN2O3/c1-18-10-3-2-7(13)6-8(10)9-4-5-14-11(15-9)12(16)17/h2-6H,1H3,(H,16,17). The highest BCUT2D eigenvalue weighted by Crippen LogP contribution is 2.30. The Balaban J connectivity index is 2.57. The Morgan fingerprint density at radius 3 is 2.83 bits per heavy atom. The molecule has 0 aliphatic carbocycles. The van der Waals surface area contributed by atoms with Gasteiger partial charge in [0.2, 0.25) is 5.82 Å². The summed E-state index contributed by atoms with van der Waals surface area (Å²) in [5.74, 6) is -0.887. The summed E-state index contributed by atoms with van der Waals surface area (Å²) in [7, 11) is 1.52. The molecule has 92 valence electrons. The molecular formula is C12H9ClN2O3. The van der Waals surface area contributed by atoms with E-state index in [-0.39, 0.29) is 5.82 Å². The number of carboxylic acid groups (broad SMARTS) is 1. The number of aromatic carboxylic acids is 1. The number of halogens is 1. The molecule has 0 atom stereocenters. The highest BCUT2D eigenvalue weighted by Gasteiger charge is 2.12. The van der Waals surface area contributed by atoms with Crippen LogP contribution in [0.4, 0.5) is 0 Å². The lowest BCUT2D eigenvalue weighted by Crippen LogP contribution is -2.04. The van der Waals surface area contributed by atoms with Crippen LogP contribution < -0.4 is 4.74 Å². The van der Waals surface area contributed by atoms with Gasteiger partial charge in [-0.1, -0.05) is 11.6 Å². The third-order valence-electron chi connectivity index (χ3n) is 2.28. The van der Waals surface area contributed by atoms with Gasteiger partial charge in [-0.05, 0) is 24.3 Å². The predicted octanol–water partition coefficient (Wildman–Crippen LogP) is 2.50. The molecule has 2 rings (SSSR count). The average molecular weight is 265 g/mol. The van der Waals surface area contributed by atoms with Gasteiger partial charge in [-0.3, -0.25) is 0 Å². The van der Waals surface area contributed by atoms with Gasteiger partial charge in [0, 0.05) is 16.8 Å². The summed E-state index contributed by atoms with van der Waals surface area (Å²) >= 11 is 5.91. The number of ether oxygens (including phenoxy) is 1. The highest BCUT2D eigenvalue weighted by molar-refractivity contribution is 6.30. The summed E-state index contributed by atoms with van der Waals surface area (Å²) < 4.78 is 5.19. The number of rotatable bonds is 3. The van der Waals surface area contributed by atoms with Gasteiger partial charge in [-0.2, -0.15) is 0 Å². The number of aromatic nitrogens is 2. The smallest absolute Gasteiger partial charge is 0.373 e. The first-order chi connectivity index (χ1) is 8.61. The second kappa shape index (κ2) is 5.01. The number of carbonyl (C=O) groups is 1. The van der Waals surface area contributed by atoms with Crippen molar-refractivity contribution in [3.63, 3.8) is 0 Å². The number of methoxy groups -OCH3 is 1. The molecule has 1 heterocycles. The van der Waals surface area contributed by atoms with Gasteiger partial charge in [0.25, 0.3) is 0 Å². The molecule has 0 bridgehead atoms. The minimum atomic E-state index is -1.18. The molecule has 0 unspecified atom stereocenters. The van der Waals surface area contributed by atoms with Crippen molar-refractivity contribution in [3.05, 3.63) is 41.3 Å². The number of hydrogen-bond acceptors (Lipinski definition) is 4. The first-order valence-corrected chi connectivity index (χ1v) is 5.40. The van der Waals surface area contributed by atoms with Gasteiger partial charge in [0.1, 0.15) is 5.75 Å².